The molecule has 0 amide bonds. The van der Waals surface area contributed by atoms with Crippen LogP contribution >= 0.6 is 35.0 Å². The number of para-hydroxylation sites is 2. The summed E-state index contributed by atoms with van der Waals surface area (Å²) in [7, 11) is 0. The van der Waals surface area contributed by atoms with Crippen molar-refractivity contribution in [2.45, 2.75) is 56.2 Å². The predicted molar refractivity (Wildman–Crippen MR) is 144 cm³/mol. The number of halogens is 2. The van der Waals surface area contributed by atoms with Crippen LogP contribution in [0.25, 0.3) is 0 Å². The largest absolute Gasteiger partial charge is 0.310 e. The lowest BCUT2D eigenvalue weighted by atomic mass is 10.0. The lowest BCUT2D eigenvalue weighted by Crippen LogP contribution is -2.12. The number of alkyl halides is 2. The molecule has 0 saturated heterocycles. The Morgan fingerprint density at radius 2 is 1.41 bits per heavy atom. The molecule has 3 rings (SSSR count). The fourth-order valence-corrected chi connectivity index (χ4v) is 5.77. The van der Waals surface area contributed by atoms with Crippen LogP contribution in [-0.2, 0) is 11.8 Å². The van der Waals surface area contributed by atoms with Crippen LogP contribution in [0, 0.1) is 5.92 Å². The van der Waals surface area contributed by atoms with E-state index in [9.17, 15) is 0 Å². The van der Waals surface area contributed by atoms with Crippen molar-refractivity contribution in [1.29, 1.82) is 0 Å². The molecule has 0 spiro atoms. The Bertz CT molecular complexity index is 907. The molecule has 3 aromatic carbocycles. The minimum Gasteiger partial charge on any atom is -0.310 e. The first kappa shape index (κ1) is 25.0. The number of rotatable bonds is 12. The second-order valence-electron chi connectivity index (χ2n) is 8.09. The van der Waals surface area contributed by atoms with Crippen molar-refractivity contribution in [3.63, 3.8) is 0 Å². The van der Waals surface area contributed by atoms with Crippen LogP contribution in [0.15, 0.2) is 77.7 Å². The van der Waals surface area contributed by atoms with E-state index in [1.807, 2.05) is 23.9 Å². The van der Waals surface area contributed by atoms with Crippen LogP contribution in [-0.4, -0.2) is 5.75 Å². The molecule has 0 saturated carbocycles. The summed E-state index contributed by atoms with van der Waals surface area (Å²) in [6.45, 7) is 4.57. The van der Waals surface area contributed by atoms with Gasteiger partial charge in [-0.2, -0.15) is 0 Å². The van der Waals surface area contributed by atoms with E-state index >= 15 is 0 Å². The Labute approximate surface area is 208 Å². The van der Waals surface area contributed by atoms with Crippen LogP contribution in [0.3, 0.4) is 0 Å². The van der Waals surface area contributed by atoms with Gasteiger partial charge in [0.05, 0.1) is 5.69 Å². The standard InChI is InChI=1S/C28H33Cl2NS/c1-3-5-12-22(4-2)21-32-28-18-23(19-29)27(17-24(28)20-30)31(25-13-8-6-9-14-25)26-15-10-7-11-16-26/h6-11,13-18,22H,3-5,12,19-21H2,1-2H3. The predicted octanol–water partition coefficient (Wildman–Crippen LogP) is 9.94. The van der Waals surface area contributed by atoms with Crippen molar-refractivity contribution < 1.29 is 0 Å². The second-order valence-corrected chi connectivity index (χ2v) is 9.69. The fraction of sp³-hybridized carbons (Fsp3) is 0.357. The van der Waals surface area contributed by atoms with Crippen molar-refractivity contribution in [2.75, 3.05) is 10.7 Å². The maximum Gasteiger partial charge on any atom is 0.0509 e. The van der Waals surface area contributed by atoms with Crippen LogP contribution in [0.2, 0.25) is 0 Å². The van der Waals surface area contributed by atoms with Gasteiger partial charge in [-0.3, -0.25) is 0 Å². The summed E-state index contributed by atoms with van der Waals surface area (Å²) >= 11 is 14.9. The number of anilines is 3. The molecule has 0 fully saturated rings. The van der Waals surface area contributed by atoms with Gasteiger partial charge in [0, 0.05) is 33.8 Å². The molecule has 3 aromatic rings. The zero-order valence-corrected chi connectivity index (χ0v) is 21.4. The highest BCUT2D eigenvalue weighted by Crippen LogP contribution is 2.41. The lowest BCUT2D eigenvalue weighted by Gasteiger charge is -2.28. The monoisotopic (exact) mass is 485 g/mol. The van der Waals surface area contributed by atoms with Crippen molar-refractivity contribution in [2.24, 2.45) is 5.92 Å². The molecule has 1 unspecified atom stereocenters. The second kappa shape index (κ2) is 13.2. The summed E-state index contributed by atoms with van der Waals surface area (Å²) in [4.78, 5) is 3.54. The molecule has 0 N–H and O–H groups in total. The molecule has 0 aromatic heterocycles. The quantitative estimate of drug-likeness (QED) is 0.185. The maximum atomic E-state index is 6.51. The fourth-order valence-electron chi connectivity index (χ4n) is 3.89. The SMILES string of the molecule is CCCCC(CC)CSc1cc(CCl)c(N(c2ccccc2)c2ccccc2)cc1CCl. The molecule has 0 heterocycles. The normalized spacial score (nSPS) is 12.0. The number of benzene rings is 3. The number of nitrogens with zero attached hydrogens (tertiary/aromatic N) is 1. The van der Waals surface area contributed by atoms with Gasteiger partial charge in [-0.05, 0) is 59.9 Å². The molecular weight excluding hydrogens is 453 g/mol. The average molecular weight is 487 g/mol. The highest BCUT2D eigenvalue weighted by molar-refractivity contribution is 7.99. The van der Waals surface area contributed by atoms with Crippen molar-refractivity contribution in [3.05, 3.63) is 83.9 Å². The first-order valence-corrected chi connectivity index (χ1v) is 13.6. The van der Waals surface area contributed by atoms with Crippen LogP contribution < -0.4 is 4.90 Å². The molecule has 0 aliphatic rings. The smallest absolute Gasteiger partial charge is 0.0509 e. The summed E-state index contributed by atoms with van der Waals surface area (Å²) in [6.07, 6.45) is 5.08. The number of thioether (sulfide) groups is 1. The highest BCUT2D eigenvalue weighted by atomic mass is 35.5. The molecule has 0 bridgehead atoms. The summed E-state index contributed by atoms with van der Waals surface area (Å²) < 4.78 is 0. The van der Waals surface area contributed by atoms with Crippen LogP contribution in [0.4, 0.5) is 17.1 Å². The third-order valence-electron chi connectivity index (χ3n) is 5.84. The van der Waals surface area contributed by atoms with E-state index in [1.165, 1.54) is 36.1 Å². The molecule has 0 aliphatic heterocycles. The lowest BCUT2D eigenvalue weighted by molar-refractivity contribution is 0.499. The maximum absolute atomic E-state index is 6.51. The van der Waals surface area contributed by atoms with Gasteiger partial charge in [0.25, 0.3) is 0 Å². The van der Waals surface area contributed by atoms with Crippen molar-refractivity contribution in [3.8, 4) is 0 Å². The molecule has 0 radical (unpaired) electrons. The van der Waals surface area contributed by atoms with Gasteiger partial charge in [0.2, 0.25) is 0 Å². The number of hydrogen-bond donors (Lipinski definition) is 0. The topological polar surface area (TPSA) is 3.24 Å². The minimum atomic E-state index is 0.453. The van der Waals surface area contributed by atoms with E-state index < -0.39 is 0 Å². The van der Waals surface area contributed by atoms with Crippen LogP contribution in [0.5, 0.6) is 0 Å². The Morgan fingerprint density at radius 1 is 0.812 bits per heavy atom. The number of unbranched alkanes of at least 4 members (excludes halogenated alkanes) is 1. The van der Waals surface area contributed by atoms with Gasteiger partial charge in [0.15, 0.2) is 0 Å². The van der Waals surface area contributed by atoms with Gasteiger partial charge < -0.3 is 4.90 Å². The van der Waals surface area contributed by atoms with Crippen molar-refractivity contribution in [1.82, 2.24) is 0 Å². The first-order valence-electron chi connectivity index (χ1n) is 11.5. The van der Waals surface area contributed by atoms with Gasteiger partial charge in [-0.1, -0.05) is 69.5 Å². The molecule has 32 heavy (non-hydrogen) atoms. The zero-order chi connectivity index (χ0) is 22.8. The number of hydrogen-bond acceptors (Lipinski definition) is 2. The Kier molecular flexibility index (Phi) is 10.3. The summed E-state index contributed by atoms with van der Waals surface area (Å²) in [5.41, 5.74) is 5.60. The van der Waals surface area contributed by atoms with E-state index in [1.54, 1.807) is 0 Å². The van der Waals surface area contributed by atoms with Gasteiger partial charge in [-0.15, -0.1) is 35.0 Å². The van der Waals surface area contributed by atoms with E-state index in [-0.39, 0.29) is 0 Å². The van der Waals surface area contributed by atoms with Crippen LogP contribution in [0.1, 0.15) is 50.7 Å². The Balaban J connectivity index is 2.00. The third kappa shape index (κ3) is 6.47. The Morgan fingerprint density at radius 3 is 1.91 bits per heavy atom. The van der Waals surface area contributed by atoms with E-state index in [0.717, 1.165) is 34.3 Å². The van der Waals surface area contributed by atoms with Gasteiger partial charge in [0.1, 0.15) is 0 Å². The molecule has 170 valence electrons. The van der Waals surface area contributed by atoms with E-state index in [4.69, 9.17) is 23.2 Å². The highest BCUT2D eigenvalue weighted by Gasteiger charge is 2.19. The summed E-state index contributed by atoms with van der Waals surface area (Å²) in [5.74, 6) is 2.81. The molecule has 0 aliphatic carbocycles. The Hall–Kier alpha value is -1.61. The molecule has 1 atom stereocenters. The first-order chi connectivity index (χ1) is 15.7. The molecular formula is C28H33Cl2NS. The molecule has 1 nitrogen and oxygen atoms in total. The zero-order valence-electron chi connectivity index (χ0n) is 19.1. The third-order valence-corrected chi connectivity index (χ3v) is 7.74. The summed E-state index contributed by atoms with van der Waals surface area (Å²) in [5, 5.41) is 0. The molecule has 4 heteroatoms. The van der Waals surface area contributed by atoms with E-state index in [2.05, 4.69) is 79.4 Å². The van der Waals surface area contributed by atoms with Gasteiger partial charge in [-0.25, -0.2) is 0 Å². The van der Waals surface area contributed by atoms with Gasteiger partial charge >= 0.3 is 0 Å². The summed E-state index contributed by atoms with van der Waals surface area (Å²) in [6, 6.07) is 25.4. The minimum absolute atomic E-state index is 0.453. The average Bonchev–Trinajstić information content (AvgIpc) is 2.85. The van der Waals surface area contributed by atoms with E-state index in [0.29, 0.717) is 11.8 Å². The van der Waals surface area contributed by atoms with Crippen molar-refractivity contribution >= 4 is 52.0 Å².